The van der Waals surface area contributed by atoms with E-state index in [0.717, 1.165) is 10.9 Å². The molecule has 0 aliphatic rings. The molecule has 0 bridgehead atoms. The zero-order valence-electron chi connectivity index (χ0n) is 16.0. The Morgan fingerprint density at radius 2 is 1.87 bits per heavy atom. The van der Waals surface area contributed by atoms with Gasteiger partial charge in [0.15, 0.2) is 11.5 Å². The fourth-order valence-corrected chi connectivity index (χ4v) is 3.42. The summed E-state index contributed by atoms with van der Waals surface area (Å²) in [6.07, 6.45) is 1.60. The Labute approximate surface area is 181 Å². The molecule has 1 aromatic heterocycles. The Morgan fingerprint density at radius 3 is 2.63 bits per heavy atom. The number of pyridine rings is 1. The Bertz CT molecular complexity index is 1200. The molecule has 3 aromatic carbocycles. The lowest BCUT2D eigenvalue weighted by Gasteiger charge is -2.15. The van der Waals surface area contributed by atoms with Crippen molar-refractivity contribution < 1.29 is 19.0 Å². The van der Waals surface area contributed by atoms with Gasteiger partial charge in [-0.3, -0.25) is 4.98 Å². The number of hydrogen-bond donors (Lipinski definition) is 2. The summed E-state index contributed by atoms with van der Waals surface area (Å²) in [6.45, 7) is 0.393. The Kier molecular flexibility index (Phi) is 5.72. The summed E-state index contributed by atoms with van der Waals surface area (Å²) < 4.78 is 26.1. The van der Waals surface area contributed by atoms with Crippen molar-refractivity contribution in [2.24, 2.45) is 0 Å². The lowest BCUT2D eigenvalue weighted by atomic mass is 10.1. The van der Waals surface area contributed by atoms with Gasteiger partial charge in [0.1, 0.15) is 23.7 Å². The van der Waals surface area contributed by atoms with E-state index in [1.54, 1.807) is 25.4 Å². The van der Waals surface area contributed by atoms with Gasteiger partial charge < -0.3 is 19.9 Å². The molecule has 0 amide bonds. The van der Waals surface area contributed by atoms with Crippen LogP contribution in [0.15, 0.2) is 71.3 Å². The summed E-state index contributed by atoms with van der Waals surface area (Å²) >= 11 is 3.11. The molecule has 4 aromatic rings. The second kappa shape index (κ2) is 8.59. The fraction of sp³-hybridized carbons (Fsp3) is 0.0870. The molecule has 0 radical (unpaired) electrons. The number of phenols is 1. The largest absolute Gasteiger partial charge is 0.507 e. The van der Waals surface area contributed by atoms with Crippen molar-refractivity contribution in [3.8, 4) is 17.2 Å². The number of halogens is 2. The number of aromatic nitrogens is 1. The lowest BCUT2D eigenvalue weighted by molar-refractivity contribution is 0.286. The highest BCUT2D eigenvalue weighted by atomic mass is 79.9. The molecule has 0 unspecified atom stereocenters. The number of nitrogens with one attached hydrogen (secondary N) is 1. The van der Waals surface area contributed by atoms with Gasteiger partial charge in [0.2, 0.25) is 0 Å². The maximum Gasteiger partial charge on any atom is 0.187 e. The van der Waals surface area contributed by atoms with Crippen LogP contribution in [0.3, 0.4) is 0 Å². The quantitative estimate of drug-likeness (QED) is 0.354. The number of ether oxygens (including phenoxy) is 2. The third-order valence-electron chi connectivity index (χ3n) is 4.58. The summed E-state index contributed by atoms with van der Waals surface area (Å²) in [7, 11) is 1.55. The van der Waals surface area contributed by atoms with Crippen molar-refractivity contribution >= 4 is 38.2 Å². The number of hydrogen-bond acceptors (Lipinski definition) is 5. The first-order chi connectivity index (χ1) is 14.6. The number of phenolic OH excluding ortho intramolecular Hbond substituents is 1. The van der Waals surface area contributed by atoms with E-state index < -0.39 is 5.82 Å². The van der Waals surface area contributed by atoms with Gasteiger partial charge in [0, 0.05) is 23.3 Å². The van der Waals surface area contributed by atoms with E-state index in [1.165, 1.54) is 12.1 Å². The molecule has 152 valence electrons. The van der Waals surface area contributed by atoms with Crippen LogP contribution in [0.1, 0.15) is 5.56 Å². The van der Waals surface area contributed by atoms with E-state index in [4.69, 9.17) is 9.47 Å². The van der Waals surface area contributed by atoms with E-state index >= 15 is 0 Å². The van der Waals surface area contributed by atoms with Crippen molar-refractivity contribution in [3.05, 3.63) is 82.7 Å². The number of nitrogens with zero attached hydrogens (tertiary/aromatic N) is 1. The molecule has 2 N–H and O–H groups in total. The minimum absolute atomic E-state index is 0.0635. The van der Waals surface area contributed by atoms with Crippen LogP contribution in [-0.2, 0) is 6.61 Å². The average Bonchev–Trinajstić information content (AvgIpc) is 2.76. The molecule has 0 saturated heterocycles. The van der Waals surface area contributed by atoms with Crippen molar-refractivity contribution in [1.82, 2.24) is 4.98 Å². The predicted molar refractivity (Wildman–Crippen MR) is 118 cm³/mol. The van der Waals surface area contributed by atoms with Crippen LogP contribution in [0.2, 0.25) is 0 Å². The number of aromatic hydroxyl groups is 1. The monoisotopic (exact) mass is 468 g/mol. The van der Waals surface area contributed by atoms with Crippen molar-refractivity contribution in [1.29, 1.82) is 0 Å². The highest BCUT2D eigenvalue weighted by molar-refractivity contribution is 9.10. The molecule has 0 atom stereocenters. The normalized spacial score (nSPS) is 10.8. The maximum absolute atomic E-state index is 14.3. The molecule has 0 saturated carbocycles. The van der Waals surface area contributed by atoms with Crippen molar-refractivity contribution in [3.63, 3.8) is 0 Å². The SMILES string of the molecule is COc1c(OCc2ccccc2)ccc2c(Nc3cc(O)c(Br)cc3F)ccnc12. The number of anilines is 2. The predicted octanol–water partition coefficient (Wildman–Crippen LogP) is 6.17. The van der Waals surface area contributed by atoms with Gasteiger partial charge in [-0.1, -0.05) is 30.3 Å². The first kappa shape index (κ1) is 20.0. The van der Waals surface area contributed by atoms with Crippen LogP contribution in [0.4, 0.5) is 15.8 Å². The molecule has 4 rings (SSSR count). The van der Waals surface area contributed by atoms with Crippen LogP contribution in [0, 0.1) is 5.82 Å². The number of methoxy groups -OCH3 is 1. The summed E-state index contributed by atoms with van der Waals surface area (Å²) in [5.74, 6) is 0.489. The molecular formula is C23H18BrFN2O3. The van der Waals surface area contributed by atoms with Crippen molar-refractivity contribution in [2.45, 2.75) is 6.61 Å². The smallest absolute Gasteiger partial charge is 0.187 e. The van der Waals surface area contributed by atoms with Gasteiger partial charge in [0.25, 0.3) is 0 Å². The Balaban J connectivity index is 1.69. The summed E-state index contributed by atoms with van der Waals surface area (Å²) in [5, 5.41) is 13.6. The molecule has 0 aliphatic heterocycles. The third kappa shape index (κ3) is 4.02. The van der Waals surface area contributed by atoms with E-state index in [1.807, 2.05) is 36.4 Å². The van der Waals surface area contributed by atoms with Crippen molar-refractivity contribution in [2.75, 3.05) is 12.4 Å². The van der Waals surface area contributed by atoms with E-state index in [9.17, 15) is 9.50 Å². The standard InChI is InChI=1S/C23H18BrFN2O3/c1-29-23-21(30-13-14-5-3-2-4-6-14)8-7-15-18(9-10-26-22(15)23)27-19-12-20(28)16(24)11-17(19)25/h2-12,28H,13H2,1H3,(H,26,27). The molecule has 30 heavy (non-hydrogen) atoms. The second-order valence-electron chi connectivity index (χ2n) is 6.53. The van der Waals surface area contributed by atoms with Crippen LogP contribution >= 0.6 is 15.9 Å². The topological polar surface area (TPSA) is 63.6 Å². The van der Waals surface area contributed by atoms with E-state index in [0.29, 0.717) is 29.3 Å². The van der Waals surface area contributed by atoms with Gasteiger partial charge in [0.05, 0.1) is 17.3 Å². The molecule has 5 nitrogen and oxygen atoms in total. The molecule has 0 fully saturated rings. The van der Waals surface area contributed by atoms with Crippen LogP contribution in [0.25, 0.3) is 10.9 Å². The summed E-state index contributed by atoms with van der Waals surface area (Å²) in [5.41, 5.74) is 2.38. The minimum Gasteiger partial charge on any atom is -0.507 e. The Morgan fingerprint density at radius 1 is 1.07 bits per heavy atom. The highest BCUT2D eigenvalue weighted by Crippen LogP contribution is 2.39. The Hall–Kier alpha value is -3.32. The van der Waals surface area contributed by atoms with Crippen LogP contribution < -0.4 is 14.8 Å². The first-order valence-electron chi connectivity index (χ1n) is 9.14. The molecule has 0 spiro atoms. The second-order valence-corrected chi connectivity index (χ2v) is 7.39. The van der Waals surface area contributed by atoms with E-state index in [-0.39, 0.29) is 15.9 Å². The summed E-state index contributed by atoms with van der Waals surface area (Å²) in [4.78, 5) is 4.43. The summed E-state index contributed by atoms with van der Waals surface area (Å²) in [6, 6.07) is 17.7. The zero-order chi connectivity index (χ0) is 21.1. The van der Waals surface area contributed by atoms with Gasteiger partial charge >= 0.3 is 0 Å². The fourth-order valence-electron chi connectivity index (χ4n) is 3.11. The molecule has 7 heteroatoms. The average molecular weight is 469 g/mol. The van der Waals surface area contributed by atoms with Gasteiger partial charge in [-0.25, -0.2) is 4.39 Å². The number of benzene rings is 3. The minimum atomic E-state index is -0.501. The zero-order valence-corrected chi connectivity index (χ0v) is 17.6. The first-order valence-corrected chi connectivity index (χ1v) is 9.93. The lowest BCUT2D eigenvalue weighted by Crippen LogP contribution is -2.00. The van der Waals surface area contributed by atoms with Crippen LogP contribution in [-0.4, -0.2) is 17.2 Å². The molecule has 0 aliphatic carbocycles. The van der Waals surface area contributed by atoms with Crippen LogP contribution in [0.5, 0.6) is 17.2 Å². The molecule has 1 heterocycles. The van der Waals surface area contributed by atoms with E-state index in [2.05, 4.69) is 26.2 Å². The molecular weight excluding hydrogens is 451 g/mol. The third-order valence-corrected chi connectivity index (χ3v) is 5.21. The van der Waals surface area contributed by atoms with Gasteiger partial charge in [-0.15, -0.1) is 0 Å². The van der Waals surface area contributed by atoms with Gasteiger partial charge in [-0.05, 0) is 45.8 Å². The number of fused-ring (bicyclic) bond motifs is 1. The maximum atomic E-state index is 14.3. The highest BCUT2D eigenvalue weighted by Gasteiger charge is 2.15. The van der Waals surface area contributed by atoms with Gasteiger partial charge in [-0.2, -0.15) is 0 Å². The number of rotatable bonds is 6.